The minimum absolute atomic E-state index is 0.294. The summed E-state index contributed by atoms with van der Waals surface area (Å²) in [5.74, 6) is 0.614. The fourth-order valence-electron chi connectivity index (χ4n) is 1.80. The van der Waals surface area contributed by atoms with Crippen LogP contribution in [0.4, 0.5) is 0 Å². The zero-order valence-corrected chi connectivity index (χ0v) is 11.9. The van der Waals surface area contributed by atoms with Crippen LogP contribution < -0.4 is 5.32 Å². The Labute approximate surface area is 106 Å². The van der Waals surface area contributed by atoms with Crippen molar-refractivity contribution in [2.45, 2.75) is 33.3 Å². The number of methoxy groups -OCH3 is 1. The smallest absolute Gasteiger partial charge is 0.0791 e. The summed E-state index contributed by atoms with van der Waals surface area (Å²) in [5, 5.41) is 13.2. The third-order valence-electron chi connectivity index (χ3n) is 2.51. The second-order valence-electron chi connectivity index (χ2n) is 5.00. The lowest BCUT2D eigenvalue weighted by Crippen LogP contribution is -2.41. The van der Waals surface area contributed by atoms with Crippen LogP contribution in [-0.2, 0) is 4.74 Å². The molecule has 17 heavy (non-hydrogen) atoms. The number of aliphatic hydroxyl groups is 1. The zero-order valence-electron chi connectivity index (χ0n) is 11.9. The summed E-state index contributed by atoms with van der Waals surface area (Å²) in [6, 6.07) is 0. The van der Waals surface area contributed by atoms with E-state index in [-0.39, 0.29) is 6.10 Å². The lowest BCUT2D eigenvalue weighted by atomic mass is 10.2. The number of ether oxygens (including phenoxy) is 1. The quantitative estimate of drug-likeness (QED) is 0.533. The molecule has 0 aromatic carbocycles. The van der Waals surface area contributed by atoms with Crippen LogP contribution in [0.25, 0.3) is 0 Å². The maximum Gasteiger partial charge on any atom is 0.0791 e. The SMILES string of the molecule is CCCNCC(O)CN(CCOC)CC(C)C. The summed E-state index contributed by atoms with van der Waals surface area (Å²) in [6.45, 7) is 11.5. The number of hydrogen-bond acceptors (Lipinski definition) is 4. The Kier molecular flexibility index (Phi) is 10.9. The summed E-state index contributed by atoms with van der Waals surface area (Å²) in [4.78, 5) is 2.27. The zero-order chi connectivity index (χ0) is 13.1. The van der Waals surface area contributed by atoms with Gasteiger partial charge in [0.1, 0.15) is 0 Å². The van der Waals surface area contributed by atoms with Crippen molar-refractivity contribution in [2.75, 3.05) is 46.4 Å². The lowest BCUT2D eigenvalue weighted by Gasteiger charge is -2.26. The Morgan fingerprint density at radius 1 is 1.29 bits per heavy atom. The van der Waals surface area contributed by atoms with Crippen LogP contribution >= 0.6 is 0 Å². The van der Waals surface area contributed by atoms with Gasteiger partial charge >= 0.3 is 0 Å². The predicted molar refractivity (Wildman–Crippen MR) is 72.3 cm³/mol. The standard InChI is InChI=1S/C13H30N2O2/c1-5-6-14-9-13(16)11-15(7-8-17-4)10-12(2)3/h12-14,16H,5-11H2,1-4H3. The van der Waals surface area contributed by atoms with Gasteiger partial charge in [-0.1, -0.05) is 20.8 Å². The largest absolute Gasteiger partial charge is 0.390 e. The number of rotatable bonds is 11. The second-order valence-corrected chi connectivity index (χ2v) is 5.00. The number of nitrogens with zero attached hydrogens (tertiary/aromatic N) is 1. The van der Waals surface area contributed by atoms with Crippen LogP contribution in [0, 0.1) is 5.92 Å². The highest BCUT2D eigenvalue weighted by Gasteiger charge is 2.12. The highest BCUT2D eigenvalue weighted by atomic mass is 16.5. The maximum atomic E-state index is 9.91. The van der Waals surface area contributed by atoms with Gasteiger partial charge in [0.05, 0.1) is 12.7 Å². The Morgan fingerprint density at radius 2 is 2.00 bits per heavy atom. The minimum atomic E-state index is -0.294. The molecule has 0 bridgehead atoms. The van der Waals surface area contributed by atoms with E-state index in [1.165, 1.54) is 0 Å². The first kappa shape index (κ1) is 16.8. The molecule has 0 heterocycles. The first-order chi connectivity index (χ1) is 8.10. The van der Waals surface area contributed by atoms with Crippen LogP contribution in [0.5, 0.6) is 0 Å². The molecule has 0 fully saturated rings. The molecule has 0 aliphatic carbocycles. The van der Waals surface area contributed by atoms with E-state index >= 15 is 0 Å². The average Bonchev–Trinajstić information content (AvgIpc) is 2.25. The fourth-order valence-corrected chi connectivity index (χ4v) is 1.80. The fraction of sp³-hybridized carbons (Fsp3) is 1.00. The molecule has 0 radical (unpaired) electrons. The van der Waals surface area contributed by atoms with Crippen molar-refractivity contribution in [3.8, 4) is 0 Å². The lowest BCUT2D eigenvalue weighted by molar-refractivity contribution is 0.0822. The van der Waals surface area contributed by atoms with E-state index in [2.05, 4.69) is 31.0 Å². The molecule has 1 unspecified atom stereocenters. The minimum Gasteiger partial charge on any atom is -0.390 e. The van der Waals surface area contributed by atoms with Gasteiger partial charge in [-0.2, -0.15) is 0 Å². The van der Waals surface area contributed by atoms with Crippen molar-refractivity contribution >= 4 is 0 Å². The second kappa shape index (κ2) is 11.0. The molecular weight excluding hydrogens is 216 g/mol. The van der Waals surface area contributed by atoms with Crippen molar-refractivity contribution in [1.82, 2.24) is 10.2 Å². The molecule has 0 aliphatic heterocycles. The van der Waals surface area contributed by atoms with Crippen molar-refractivity contribution in [3.63, 3.8) is 0 Å². The molecule has 0 aromatic rings. The molecule has 4 heteroatoms. The van der Waals surface area contributed by atoms with Crippen molar-refractivity contribution < 1.29 is 9.84 Å². The van der Waals surface area contributed by atoms with Gasteiger partial charge < -0.3 is 15.2 Å². The average molecular weight is 246 g/mol. The Hall–Kier alpha value is -0.160. The van der Waals surface area contributed by atoms with E-state index in [9.17, 15) is 5.11 Å². The maximum absolute atomic E-state index is 9.91. The molecular formula is C13H30N2O2. The van der Waals surface area contributed by atoms with Crippen molar-refractivity contribution in [3.05, 3.63) is 0 Å². The third-order valence-corrected chi connectivity index (χ3v) is 2.51. The van der Waals surface area contributed by atoms with E-state index in [1.54, 1.807) is 7.11 Å². The normalized spacial score (nSPS) is 13.6. The molecule has 1 atom stereocenters. The van der Waals surface area contributed by atoms with Gasteiger partial charge in [0, 0.05) is 33.3 Å². The topological polar surface area (TPSA) is 44.7 Å². The van der Waals surface area contributed by atoms with Gasteiger partial charge in [-0.25, -0.2) is 0 Å². The van der Waals surface area contributed by atoms with Crippen molar-refractivity contribution in [1.29, 1.82) is 0 Å². The van der Waals surface area contributed by atoms with Crippen LogP contribution in [0.3, 0.4) is 0 Å². The predicted octanol–water partition coefficient (Wildman–Crippen LogP) is 0.951. The molecule has 0 aliphatic rings. The molecule has 0 spiro atoms. The van der Waals surface area contributed by atoms with Gasteiger partial charge in [-0.15, -0.1) is 0 Å². The molecule has 0 aromatic heterocycles. The molecule has 104 valence electrons. The van der Waals surface area contributed by atoms with Crippen LogP contribution in [0.1, 0.15) is 27.2 Å². The Balaban J connectivity index is 3.85. The molecule has 0 saturated carbocycles. The van der Waals surface area contributed by atoms with E-state index in [4.69, 9.17) is 4.74 Å². The highest BCUT2D eigenvalue weighted by molar-refractivity contribution is 4.68. The summed E-state index contributed by atoms with van der Waals surface area (Å²) in [7, 11) is 1.72. The van der Waals surface area contributed by atoms with Crippen LogP contribution in [-0.4, -0.2) is 62.6 Å². The third kappa shape index (κ3) is 10.7. The highest BCUT2D eigenvalue weighted by Crippen LogP contribution is 2.00. The number of nitrogens with one attached hydrogen (secondary N) is 1. The van der Waals surface area contributed by atoms with E-state index in [1.807, 2.05) is 0 Å². The van der Waals surface area contributed by atoms with Crippen LogP contribution in [0.2, 0.25) is 0 Å². The van der Waals surface area contributed by atoms with Gasteiger partial charge in [0.15, 0.2) is 0 Å². The molecule has 0 amide bonds. The van der Waals surface area contributed by atoms with E-state index in [0.717, 1.165) is 39.2 Å². The van der Waals surface area contributed by atoms with Gasteiger partial charge in [0.25, 0.3) is 0 Å². The van der Waals surface area contributed by atoms with E-state index in [0.29, 0.717) is 12.5 Å². The Morgan fingerprint density at radius 3 is 2.53 bits per heavy atom. The molecule has 0 saturated heterocycles. The first-order valence-electron chi connectivity index (χ1n) is 6.70. The summed E-state index contributed by atoms with van der Waals surface area (Å²) >= 11 is 0. The molecule has 2 N–H and O–H groups in total. The van der Waals surface area contributed by atoms with Gasteiger partial charge in [-0.3, -0.25) is 4.90 Å². The molecule has 0 rings (SSSR count). The Bertz CT molecular complexity index is 165. The summed E-state index contributed by atoms with van der Waals surface area (Å²) in [6.07, 6.45) is 0.809. The van der Waals surface area contributed by atoms with E-state index < -0.39 is 0 Å². The van der Waals surface area contributed by atoms with Crippen LogP contribution in [0.15, 0.2) is 0 Å². The van der Waals surface area contributed by atoms with Crippen molar-refractivity contribution in [2.24, 2.45) is 5.92 Å². The summed E-state index contributed by atoms with van der Waals surface area (Å²) in [5.41, 5.74) is 0. The number of hydrogen-bond donors (Lipinski definition) is 2. The molecule has 4 nitrogen and oxygen atoms in total. The summed E-state index contributed by atoms with van der Waals surface area (Å²) < 4.78 is 5.10. The number of aliphatic hydroxyl groups excluding tert-OH is 1. The van der Waals surface area contributed by atoms with Gasteiger partial charge in [-0.05, 0) is 18.9 Å². The van der Waals surface area contributed by atoms with Gasteiger partial charge in [0.2, 0.25) is 0 Å². The monoisotopic (exact) mass is 246 g/mol. The first-order valence-corrected chi connectivity index (χ1v) is 6.70.